The van der Waals surface area contributed by atoms with Gasteiger partial charge in [0.1, 0.15) is 11.6 Å². The summed E-state index contributed by atoms with van der Waals surface area (Å²) >= 11 is 0. The van der Waals surface area contributed by atoms with Gasteiger partial charge in [-0.15, -0.1) is 0 Å². The van der Waals surface area contributed by atoms with Gasteiger partial charge in [0.05, 0.1) is 5.69 Å². The molecule has 1 heterocycles. The predicted molar refractivity (Wildman–Crippen MR) is 58.3 cm³/mol. The van der Waals surface area contributed by atoms with Gasteiger partial charge in [0, 0.05) is 18.7 Å². The van der Waals surface area contributed by atoms with Crippen LogP contribution in [0, 0.1) is 12.7 Å². The number of benzene rings is 1. The Balaban J connectivity index is 2.40. The molecular formula is C11H12FN3. The number of halogens is 1. The number of nitrogens with one attached hydrogen (secondary N) is 2. The summed E-state index contributed by atoms with van der Waals surface area (Å²) in [5, 5.41) is 9.84. The summed E-state index contributed by atoms with van der Waals surface area (Å²) in [6, 6.07) is 6.87. The van der Waals surface area contributed by atoms with E-state index in [9.17, 15) is 4.39 Å². The third kappa shape index (κ3) is 1.83. The Hall–Kier alpha value is -1.84. The van der Waals surface area contributed by atoms with Crippen LogP contribution in [0.1, 0.15) is 5.56 Å². The van der Waals surface area contributed by atoms with Crippen molar-refractivity contribution in [3.8, 4) is 11.3 Å². The highest BCUT2D eigenvalue weighted by atomic mass is 19.1. The molecule has 0 unspecified atom stereocenters. The van der Waals surface area contributed by atoms with Gasteiger partial charge in [0.2, 0.25) is 0 Å². The van der Waals surface area contributed by atoms with Gasteiger partial charge in [-0.25, -0.2) is 4.39 Å². The van der Waals surface area contributed by atoms with Crippen molar-refractivity contribution in [3.63, 3.8) is 0 Å². The first-order valence-electron chi connectivity index (χ1n) is 4.70. The van der Waals surface area contributed by atoms with Crippen molar-refractivity contribution >= 4 is 5.82 Å². The molecule has 1 aromatic heterocycles. The van der Waals surface area contributed by atoms with Gasteiger partial charge < -0.3 is 5.32 Å². The number of rotatable bonds is 2. The monoisotopic (exact) mass is 205 g/mol. The number of hydrogen-bond donors (Lipinski definition) is 2. The summed E-state index contributed by atoms with van der Waals surface area (Å²) in [7, 11) is 1.80. The summed E-state index contributed by atoms with van der Waals surface area (Å²) in [6.07, 6.45) is 0. The molecule has 0 spiro atoms. The smallest absolute Gasteiger partial charge is 0.148 e. The molecule has 0 aliphatic carbocycles. The zero-order valence-corrected chi connectivity index (χ0v) is 8.63. The fourth-order valence-electron chi connectivity index (χ4n) is 1.41. The van der Waals surface area contributed by atoms with Gasteiger partial charge in [-0.3, -0.25) is 5.10 Å². The van der Waals surface area contributed by atoms with Crippen LogP contribution >= 0.6 is 0 Å². The lowest BCUT2D eigenvalue weighted by Crippen LogP contribution is -1.85. The van der Waals surface area contributed by atoms with Gasteiger partial charge in [-0.2, -0.15) is 5.10 Å². The number of anilines is 1. The molecule has 0 radical (unpaired) electrons. The van der Waals surface area contributed by atoms with Gasteiger partial charge in [-0.1, -0.05) is 0 Å². The highest BCUT2D eigenvalue weighted by Gasteiger charge is 2.04. The van der Waals surface area contributed by atoms with E-state index < -0.39 is 0 Å². The van der Waals surface area contributed by atoms with E-state index in [1.165, 1.54) is 6.07 Å². The highest BCUT2D eigenvalue weighted by Crippen LogP contribution is 2.21. The molecule has 78 valence electrons. The van der Waals surface area contributed by atoms with Crippen LogP contribution in [-0.2, 0) is 0 Å². The molecule has 15 heavy (non-hydrogen) atoms. The summed E-state index contributed by atoms with van der Waals surface area (Å²) in [5.41, 5.74) is 2.44. The van der Waals surface area contributed by atoms with E-state index in [1.807, 2.05) is 6.07 Å². The van der Waals surface area contributed by atoms with Crippen molar-refractivity contribution in [1.82, 2.24) is 10.2 Å². The lowest BCUT2D eigenvalue weighted by Gasteiger charge is -2.00. The molecule has 1 aromatic carbocycles. The number of aromatic nitrogens is 2. The van der Waals surface area contributed by atoms with E-state index in [-0.39, 0.29) is 5.82 Å². The Morgan fingerprint density at radius 3 is 2.73 bits per heavy atom. The van der Waals surface area contributed by atoms with Gasteiger partial charge in [0.15, 0.2) is 0 Å². The molecule has 2 N–H and O–H groups in total. The van der Waals surface area contributed by atoms with Crippen molar-refractivity contribution in [3.05, 3.63) is 35.6 Å². The molecule has 3 nitrogen and oxygen atoms in total. The normalized spacial score (nSPS) is 10.3. The largest absolute Gasteiger partial charge is 0.372 e. The van der Waals surface area contributed by atoms with Crippen molar-refractivity contribution in [2.24, 2.45) is 0 Å². The van der Waals surface area contributed by atoms with Crippen LogP contribution in [0.2, 0.25) is 0 Å². The molecule has 0 fully saturated rings. The SMILES string of the molecule is CNc1cc(-c2ccc(F)c(C)c2)[nH]n1. The Labute approximate surface area is 87.3 Å². The maximum Gasteiger partial charge on any atom is 0.148 e. The van der Waals surface area contributed by atoms with Crippen molar-refractivity contribution in [1.29, 1.82) is 0 Å². The fourth-order valence-corrected chi connectivity index (χ4v) is 1.41. The average molecular weight is 205 g/mol. The minimum absolute atomic E-state index is 0.188. The molecule has 2 aromatic rings. The van der Waals surface area contributed by atoms with Crippen LogP contribution in [0.4, 0.5) is 10.2 Å². The van der Waals surface area contributed by atoms with Crippen LogP contribution in [-0.4, -0.2) is 17.2 Å². The number of nitrogens with zero attached hydrogens (tertiary/aromatic N) is 1. The molecular weight excluding hydrogens is 193 g/mol. The Morgan fingerprint density at radius 2 is 2.13 bits per heavy atom. The summed E-state index contributed by atoms with van der Waals surface area (Å²) < 4.78 is 13.0. The van der Waals surface area contributed by atoms with Crippen LogP contribution in [0.15, 0.2) is 24.3 Å². The van der Waals surface area contributed by atoms with Crippen molar-refractivity contribution in [2.45, 2.75) is 6.92 Å². The number of aryl methyl sites for hydroxylation is 1. The van der Waals surface area contributed by atoms with Gasteiger partial charge in [0.25, 0.3) is 0 Å². The zero-order valence-electron chi connectivity index (χ0n) is 8.63. The molecule has 0 amide bonds. The second kappa shape index (κ2) is 3.73. The number of hydrogen-bond acceptors (Lipinski definition) is 2. The molecule has 0 atom stereocenters. The lowest BCUT2D eigenvalue weighted by molar-refractivity contribution is 0.619. The van der Waals surface area contributed by atoms with E-state index in [0.29, 0.717) is 5.56 Å². The summed E-state index contributed by atoms with van der Waals surface area (Å²) in [5.74, 6) is 0.582. The third-order valence-corrected chi connectivity index (χ3v) is 2.30. The minimum atomic E-state index is -0.188. The fraction of sp³-hybridized carbons (Fsp3) is 0.182. The number of aromatic amines is 1. The summed E-state index contributed by atoms with van der Waals surface area (Å²) in [6.45, 7) is 1.74. The molecule has 0 aliphatic heterocycles. The van der Waals surface area contributed by atoms with E-state index in [2.05, 4.69) is 15.5 Å². The maximum absolute atomic E-state index is 13.0. The van der Waals surface area contributed by atoms with Gasteiger partial charge >= 0.3 is 0 Å². The van der Waals surface area contributed by atoms with Crippen LogP contribution in [0.25, 0.3) is 11.3 Å². The van der Waals surface area contributed by atoms with Crippen LogP contribution < -0.4 is 5.32 Å². The Bertz CT molecular complexity index is 476. The standard InChI is InChI=1S/C11H12FN3/c1-7-5-8(3-4-9(7)12)10-6-11(13-2)15-14-10/h3-6H,1-2H3,(H2,13,14,15). The molecule has 4 heteroatoms. The first-order valence-corrected chi connectivity index (χ1v) is 4.70. The average Bonchev–Trinajstić information content (AvgIpc) is 2.70. The molecule has 0 bridgehead atoms. The predicted octanol–water partition coefficient (Wildman–Crippen LogP) is 2.57. The molecule has 0 saturated heterocycles. The maximum atomic E-state index is 13.0. The number of H-pyrrole nitrogens is 1. The Morgan fingerprint density at radius 1 is 1.33 bits per heavy atom. The van der Waals surface area contributed by atoms with Gasteiger partial charge in [-0.05, 0) is 30.7 Å². The first kappa shape index (κ1) is 9.71. The van der Waals surface area contributed by atoms with Crippen molar-refractivity contribution in [2.75, 3.05) is 12.4 Å². The lowest BCUT2D eigenvalue weighted by atomic mass is 10.1. The highest BCUT2D eigenvalue weighted by molar-refractivity contribution is 5.63. The van der Waals surface area contributed by atoms with E-state index in [4.69, 9.17) is 0 Å². The summed E-state index contributed by atoms with van der Waals surface area (Å²) in [4.78, 5) is 0. The van der Waals surface area contributed by atoms with Crippen LogP contribution in [0.5, 0.6) is 0 Å². The van der Waals surface area contributed by atoms with E-state index in [1.54, 1.807) is 26.1 Å². The van der Waals surface area contributed by atoms with Crippen molar-refractivity contribution < 1.29 is 4.39 Å². The molecule has 2 rings (SSSR count). The second-order valence-corrected chi connectivity index (χ2v) is 3.38. The second-order valence-electron chi connectivity index (χ2n) is 3.38. The minimum Gasteiger partial charge on any atom is -0.372 e. The molecule has 0 saturated carbocycles. The first-order chi connectivity index (χ1) is 7.20. The quantitative estimate of drug-likeness (QED) is 0.791. The molecule has 0 aliphatic rings. The van der Waals surface area contributed by atoms with E-state index >= 15 is 0 Å². The third-order valence-electron chi connectivity index (χ3n) is 2.30. The Kier molecular flexibility index (Phi) is 2.41. The zero-order chi connectivity index (χ0) is 10.8. The van der Waals surface area contributed by atoms with E-state index in [0.717, 1.165) is 17.1 Å². The van der Waals surface area contributed by atoms with Crippen LogP contribution in [0.3, 0.4) is 0 Å². The topological polar surface area (TPSA) is 40.7 Å².